The number of nitrogens with zero attached hydrogens (tertiary/aromatic N) is 3. The first kappa shape index (κ1) is 12.4. The standard InChI is InChI=1S/C13H19N3O3/c1-7-14-15-11(18-7)10-8-5-16(6-9(8)10)12(17)19-13(2,3)4/h8-10H,5-6H2,1-4H3/t8-,9+,10+. The van der Waals surface area contributed by atoms with Gasteiger partial charge in [-0.15, -0.1) is 10.2 Å². The number of rotatable bonds is 1. The largest absolute Gasteiger partial charge is 0.444 e. The maximum atomic E-state index is 11.9. The van der Waals surface area contributed by atoms with Crippen LogP contribution in [0.5, 0.6) is 0 Å². The first-order valence-corrected chi connectivity index (χ1v) is 6.63. The molecule has 0 bridgehead atoms. The highest BCUT2D eigenvalue weighted by Gasteiger charge is 2.60. The van der Waals surface area contributed by atoms with Crippen LogP contribution in [0.2, 0.25) is 0 Å². The molecule has 1 amide bonds. The number of hydrogen-bond acceptors (Lipinski definition) is 5. The number of aryl methyl sites for hydroxylation is 1. The topological polar surface area (TPSA) is 68.5 Å². The number of carbonyl (C=O) groups excluding carboxylic acids is 1. The number of hydrogen-bond donors (Lipinski definition) is 0. The number of aromatic nitrogens is 2. The molecule has 1 aliphatic heterocycles. The smallest absolute Gasteiger partial charge is 0.410 e. The summed E-state index contributed by atoms with van der Waals surface area (Å²) in [5.74, 6) is 2.56. The molecule has 3 atom stereocenters. The Kier molecular flexibility index (Phi) is 2.59. The molecule has 6 heteroatoms. The van der Waals surface area contributed by atoms with Crippen molar-refractivity contribution in [2.24, 2.45) is 11.8 Å². The summed E-state index contributed by atoms with van der Waals surface area (Å²) >= 11 is 0. The Morgan fingerprint density at radius 1 is 1.32 bits per heavy atom. The summed E-state index contributed by atoms with van der Waals surface area (Å²) in [5.41, 5.74) is -0.438. The first-order valence-electron chi connectivity index (χ1n) is 6.63. The predicted octanol–water partition coefficient (Wildman–Crippen LogP) is 1.96. The fourth-order valence-corrected chi connectivity index (χ4v) is 2.81. The number of amides is 1. The molecule has 2 fully saturated rings. The molecule has 1 aromatic rings. The average Bonchev–Trinajstić information content (AvgIpc) is 2.67. The molecule has 2 heterocycles. The lowest BCUT2D eigenvalue weighted by Gasteiger charge is -2.25. The van der Waals surface area contributed by atoms with Crippen molar-refractivity contribution < 1.29 is 13.9 Å². The van der Waals surface area contributed by atoms with Crippen molar-refractivity contribution in [2.45, 2.75) is 39.2 Å². The van der Waals surface area contributed by atoms with Crippen LogP contribution in [0.3, 0.4) is 0 Å². The van der Waals surface area contributed by atoms with E-state index < -0.39 is 5.60 Å². The van der Waals surface area contributed by atoms with Gasteiger partial charge in [-0.25, -0.2) is 4.79 Å². The van der Waals surface area contributed by atoms with Crippen molar-refractivity contribution in [2.75, 3.05) is 13.1 Å². The van der Waals surface area contributed by atoms with Gasteiger partial charge in [0.2, 0.25) is 11.8 Å². The van der Waals surface area contributed by atoms with Gasteiger partial charge in [-0.2, -0.15) is 0 Å². The van der Waals surface area contributed by atoms with Crippen LogP contribution in [0.4, 0.5) is 4.79 Å². The van der Waals surface area contributed by atoms with Crippen molar-refractivity contribution in [3.63, 3.8) is 0 Å². The molecule has 0 N–H and O–H groups in total. The van der Waals surface area contributed by atoms with E-state index in [-0.39, 0.29) is 6.09 Å². The summed E-state index contributed by atoms with van der Waals surface area (Å²) in [6.07, 6.45) is -0.222. The van der Waals surface area contributed by atoms with E-state index in [0.29, 0.717) is 23.6 Å². The molecule has 1 saturated heterocycles. The molecular weight excluding hydrogens is 246 g/mol. The van der Waals surface area contributed by atoms with Gasteiger partial charge in [0.15, 0.2) is 0 Å². The fourth-order valence-electron chi connectivity index (χ4n) is 2.81. The lowest BCUT2D eigenvalue weighted by Crippen LogP contribution is -2.36. The minimum absolute atomic E-state index is 0.222. The third-order valence-electron chi connectivity index (χ3n) is 3.67. The van der Waals surface area contributed by atoms with E-state index in [1.807, 2.05) is 20.8 Å². The van der Waals surface area contributed by atoms with E-state index in [2.05, 4.69) is 10.2 Å². The van der Waals surface area contributed by atoms with Gasteiger partial charge >= 0.3 is 6.09 Å². The first-order chi connectivity index (χ1) is 8.85. The van der Waals surface area contributed by atoms with Gasteiger partial charge in [0, 0.05) is 25.9 Å². The Labute approximate surface area is 112 Å². The summed E-state index contributed by atoms with van der Waals surface area (Å²) in [4.78, 5) is 13.7. The van der Waals surface area contributed by atoms with Gasteiger partial charge in [-0.1, -0.05) is 0 Å². The summed E-state index contributed by atoms with van der Waals surface area (Å²) in [6.45, 7) is 8.89. The van der Waals surface area contributed by atoms with E-state index in [1.54, 1.807) is 11.8 Å². The summed E-state index contributed by atoms with van der Waals surface area (Å²) < 4.78 is 10.8. The molecule has 1 aromatic heterocycles. The monoisotopic (exact) mass is 265 g/mol. The van der Waals surface area contributed by atoms with E-state index in [1.165, 1.54) is 0 Å². The van der Waals surface area contributed by atoms with Crippen molar-refractivity contribution in [3.8, 4) is 0 Å². The molecule has 0 unspecified atom stereocenters. The van der Waals surface area contributed by atoms with Crippen LogP contribution in [-0.2, 0) is 4.74 Å². The number of piperidine rings is 1. The highest BCUT2D eigenvalue weighted by Crippen LogP contribution is 2.57. The minimum atomic E-state index is -0.438. The minimum Gasteiger partial charge on any atom is -0.444 e. The maximum absolute atomic E-state index is 11.9. The molecule has 0 radical (unpaired) electrons. The second-order valence-corrected chi connectivity index (χ2v) is 6.40. The Bertz CT molecular complexity index is 493. The predicted molar refractivity (Wildman–Crippen MR) is 66.6 cm³/mol. The SMILES string of the molecule is Cc1nnc([C@H]2[C@@H]3CN(C(=O)OC(C)(C)C)C[C@@H]32)o1. The average molecular weight is 265 g/mol. The maximum Gasteiger partial charge on any atom is 0.410 e. The molecule has 3 rings (SSSR count). The van der Waals surface area contributed by atoms with Crippen LogP contribution in [0.1, 0.15) is 38.5 Å². The Morgan fingerprint density at radius 2 is 1.95 bits per heavy atom. The van der Waals surface area contributed by atoms with Gasteiger partial charge in [0.25, 0.3) is 0 Å². The number of ether oxygens (including phenoxy) is 1. The highest BCUT2D eigenvalue weighted by molar-refractivity contribution is 5.69. The zero-order valence-corrected chi connectivity index (χ0v) is 11.7. The molecule has 6 nitrogen and oxygen atoms in total. The Balaban J connectivity index is 1.57. The molecule has 1 aliphatic carbocycles. The van der Waals surface area contributed by atoms with E-state index in [9.17, 15) is 4.79 Å². The third-order valence-corrected chi connectivity index (χ3v) is 3.67. The van der Waals surface area contributed by atoms with Crippen LogP contribution < -0.4 is 0 Å². The zero-order valence-electron chi connectivity index (χ0n) is 11.7. The van der Waals surface area contributed by atoms with Crippen LogP contribution >= 0.6 is 0 Å². The van der Waals surface area contributed by atoms with Gasteiger partial charge in [0.05, 0.1) is 0 Å². The van der Waals surface area contributed by atoms with Crippen LogP contribution in [0.15, 0.2) is 4.42 Å². The van der Waals surface area contributed by atoms with E-state index in [4.69, 9.17) is 9.15 Å². The second kappa shape index (κ2) is 3.95. The fraction of sp³-hybridized carbons (Fsp3) is 0.769. The number of fused-ring (bicyclic) bond motifs is 1. The van der Waals surface area contributed by atoms with Crippen LogP contribution in [0, 0.1) is 18.8 Å². The van der Waals surface area contributed by atoms with Crippen molar-refractivity contribution in [1.82, 2.24) is 15.1 Å². The number of carbonyl (C=O) groups is 1. The molecule has 2 aliphatic rings. The zero-order chi connectivity index (χ0) is 13.8. The third kappa shape index (κ3) is 2.31. The molecular formula is C13H19N3O3. The molecule has 0 spiro atoms. The molecule has 19 heavy (non-hydrogen) atoms. The molecule has 104 valence electrons. The van der Waals surface area contributed by atoms with E-state index in [0.717, 1.165) is 19.0 Å². The highest BCUT2D eigenvalue weighted by atomic mass is 16.6. The van der Waals surface area contributed by atoms with Gasteiger partial charge in [0.1, 0.15) is 5.60 Å². The van der Waals surface area contributed by atoms with Crippen LogP contribution in [0.25, 0.3) is 0 Å². The Morgan fingerprint density at radius 3 is 2.42 bits per heavy atom. The lowest BCUT2D eigenvalue weighted by atomic mass is 10.2. The summed E-state index contributed by atoms with van der Waals surface area (Å²) in [6, 6.07) is 0. The molecule has 0 aromatic carbocycles. The van der Waals surface area contributed by atoms with Gasteiger partial charge in [-0.3, -0.25) is 0 Å². The van der Waals surface area contributed by atoms with Crippen molar-refractivity contribution >= 4 is 6.09 Å². The quantitative estimate of drug-likeness (QED) is 0.776. The lowest BCUT2D eigenvalue weighted by molar-refractivity contribution is 0.0269. The van der Waals surface area contributed by atoms with Gasteiger partial charge in [-0.05, 0) is 32.6 Å². The second-order valence-electron chi connectivity index (χ2n) is 6.40. The summed E-state index contributed by atoms with van der Waals surface area (Å²) in [5, 5.41) is 7.92. The summed E-state index contributed by atoms with van der Waals surface area (Å²) in [7, 11) is 0. The van der Waals surface area contributed by atoms with E-state index >= 15 is 0 Å². The normalized spacial score (nSPS) is 29.3. The Hall–Kier alpha value is -1.59. The van der Waals surface area contributed by atoms with Crippen molar-refractivity contribution in [3.05, 3.63) is 11.8 Å². The van der Waals surface area contributed by atoms with Crippen molar-refractivity contribution in [1.29, 1.82) is 0 Å². The molecule has 1 saturated carbocycles. The van der Waals surface area contributed by atoms with Gasteiger partial charge < -0.3 is 14.1 Å². The van der Waals surface area contributed by atoms with Crippen LogP contribution in [-0.4, -0.2) is 39.9 Å². The number of likely N-dealkylation sites (tertiary alicyclic amines) is 1.